The zero-order valence-electron chi connectivity index (χ0n) is 14.3. The zero-order chi connectivity index (χ0) is 17.3. The molecule has 1 aliphatic rings. The quantitative estimate of drug-likeness (QED) is 0.727. The lowest BCUT2D eigenvalue weighted by Crippen LogP contribution is -2.41. The molecule has 2 aromatic rings. The molecule has 0 bridgehead atoms. The first kappa shape index (κ1) is 17.4. The van der Waals surface area contributed by atoms with Crippen LogP contribution < -0.4 is 4.74 Å². The molecular formula is C20H24N2O3. The molecule has 0 N–H and O–H groups in total. The van der Waals surface area contributed by atoms with E-state index in [1.54, 1.807) is 12.4 Å². The number of aromatic nitrogens is 1. The van der Waals surface area contributed by atoms with Crippen molar-refractivity contribution in [2.45, 2.75) is 25.4 Å². The minimum Gasteiger partial charge on any atom is -0.491 e. The van der Waals surface area contributed by atoms with E-state index in [-0.39, 0.29) is 12.0 Å². The van der Waals surface area contributed by atoms with Crippen molar-refractivity contribution < 1.29 is 14.3 Å². The lowest BCUT2D eigenvalue weighted by molar-refractivity contribution is -0.133. The van der Waals surface area contributed by atoms with E-state index in [0.717, 1.165) is 37.2 Å². The maximum absolute atomic E-state index is 12.3. The summed E-state index contributed by atoms with van der Waals surface area (Å²) < 4.78 is 11.5. The Morgan fingerprint density at radius 3 is 2.60 bits per heavy atom. The number of hydrogen-bond acceptors (Lipinski definition) is 4. The lowest BCUT2D eigenvalue weighted by Gasteiger charge is -2.32. The molecular weight excluding hydrogens is 316 g/mol. The summed E-state index contributed by atoms with van der Waals surface area (Å²) in [5.41, 5.74) is 0.962. The van der Waals surface area contributed by atoms with E-state index < -0.39 is 0 Å². The minimum absolute atomic E-state index is 0.166. The highest BCUT2D eigenvalue weighted by Gasteiger charge is 2.23. The van der Waals surface area contributed by atoms with Gasteiger partial charge in [0.25, 0.3) is 0 Å². The van der Waals surface area contributed by atoms with Crippen molar-refractivity contribution >= 4 is 5.91 Å². The van der Waals surface area contributed by atoms with Crippen molar-refractivity contribution in [1.82, 2.24) is 9.88 Å². The van der Waals surface area contributed by atoms with Gasteiger partial charge in [-0.25, -0.2) is 0 Å². The second-order valence-corrected chi connectivity index (χ2v) is 6.15. The third kappa shape index (κ3) is 5.57. The summed E-state index contributed by atoms with van der Waals surface area (Å²) in [6, 6.07) is 13.5. The Labute approximate surface area is 148 Å². The van der Waals surface area contributed by atoms with Gasteiger partial charge in [0.1, 0.15) is 12.4 Å². The Kier molecular flexibility index (Phi) is 6.40. The van der Waals surface area contributed by atoms with Crippen LogP contribution in [0.2, 0.25) is 0 Å². The third-order valence-corrected chi connectivity index (χ3v) is 4.32. The molecule has 1 aromatic heterocycles. The van der Waals surface area contributed by atoms with Gasteiger partial charge < -0.3 is 14.4 Å². The monoisotopic (exact) mass is 340 g/mol. The van der Waals surface area contributed by atoms with E-state index in [9.17, 15) is 4.79 Å². The number of piperidine rings is 1. The summed E-state index contributed by atoms with van der Waals surface area (Å²) in [6.45, 7) is 2.62. The van der Waals surface area contributed by atoms with E-state index in [1.807, 2.05) is 47.4 Å². The molecule has 0 spiro atoms. The van der Waals surface area contributed by atoms with E-state index >= 15 is 0 Å². The normalized spacial score (nSPS) is 15.1. The summed E-state index contributed by atoms with van der Waals surface area (Å²) in [7, 11) is 0. The molecule has 5 nitrogen and oxygen atoms in total. The first-order chi connectivity index (χ1) is 12.3. The van der Waals surface area contributed by atoms with Crippen LogP contribution in [0, 0.1) is 0 Å². The molecule has 0 radical (unpaired) electrons. The van der Waals surface area contributed by atoms with Gasteiger partial charge in [0.2, 0.25) is 5.91 Å². The summed E-state index contributed by atoms with van der Waals surface area (Å²) in [5, 5.41) is 0. The van der Waals surface area contributed by atoms with Crippen molar-refractivity contribution in [3.8, 4) is 5.75 Å². The second-order valence-electron chi connectivity index (χ2n) is 6.15. The van der Waals surface area contributed by atoms with Crippen LogP contribution in [-0.2, 0) is 16.0 Å². The Morgan fingerprint density at radius 1 is 1.08 bits per heavy atom. The maximum Gasteiger partial charge on any atom is 0.227 e. The molecule has 1 fully saturated rings. The van der Waals surface area contributed by atoms with Crippen LogP contribution in [0.25, 0.3) is 0 Å². The largest absolute Gasteiger partial charge is 0.491 e. The summed E-state index contributed by atoms with van der Waals surface area (Å²) in [6.07, 6.45) is 5.86. The van der Waals surface area contributed by atoms with Crippen molar-refractivity contribution in [1.29, 1.82) is 0 Å². The molecule has 3 rings (SSSR count). The van der Waals surface area contributed by atoms with Crippen LogP contribution in [0.15, 0.2) is 54.9 Å². The van der Waals surface area contributed by atoms with Crippen LogP contribution in [0.4, 0.5) is 0 Å². The highest BCUT2D eigenvalue weighted by molar-refractivity contribution is 5.78. The van der Waals surface area contributed by atoms with Gasteiger partial charge in [-0.1, -0.05) is 24.3 Å². The van der Waals surface area contributed by atoms with E-state index in [1.165, 1.54) is 0 Å². The third-order valence-electron chi connectivity index (χ3n) is 4.32. The number of para-hydroxylation sites is 1. The van der Waals surface area contributed by atoms with Gasteiger partial charge in [0, 0.05) is 25.5 Å². The Bertz CT molecular complexity index is 641. The van der Waals surface area contributed by atoms with E-state index in [0.29, 0.717) is 19.6 Å². The SMILES string of the molecule is O=C(Cc1cccnc1)N1CCC(OCCOc2ccccc2)CC1. The molecule has 0 saturated carbocycles. The fourth-order valence-corrected chi connectivity index (χ4v) is 2.95. The molecule has 1 amide bonds. The predicted molar refractivity (Wildman–Crippen MR) is 95.4 cm³/mol. The van der Waals surface area contributed by atoms with Crippen molar-refractivity contribution in [2.75, 3.05) is 26.3 Å². The van der Waals surface area contributed by atoms with Gasteiger partial charge >= 0.3 is 0 Å². The molecule has 0 aliphatic carbocycles. The first-order valence-corrected chi connectivity index (χ1v) is 8.77. The van der Waals surface area contributed by atoms with Crippen LogP contribution >= 0.6 is 0 Å². The number of carbonyl (C=O) groups excluding carboxylic acids is 1. The van der Waals surface area contributed by atoms with Gasteiger partial charge in [-0.05, 0) is 36.6 Å². The molecule has 0 atom stereocenters. The van der Waals surface area contributed by atoms with Crippen molar-refractivity contribution in [2.24, 2.45) is 0 Å². The zero-order valence-corrected chi connectivity index (χ0v) is 14.3. The first-order valence-electron chi connectivity index (χ1n) is 8.77. The highest BCUT2D eigenvalue weighted by Crippen LogP contribution is 2.15. The predicted octanol–water partition coefficient (Wildman–Crippen LogP) is 2.71. The molecule has 5 heteroatoms. The van der Waals surface area contributed by atoms with E-state index in [2.05, 4.69) is 4.98 Å². The fraction of sp³-hybridized carbons (Fsp3) is 0.400. The van der Waals surface area contributed by atoms with Gasteiger partial charge in [-0.3, -0.25) is 9.78 Å². The molecule has 1 saturated heterocycles. The maximum atomic E-state index is 12.3. The number of carbonyl (C=O) groups is 1. The topological polar surface area (TPSA) is 51.7 Å². The molecule has 2 heterocycles. The number of amides is 1. The van der Waals surface area contributed by atoms with Crippen molar-refractivity contribution in [3.05, 3.63) is 60.4 Å². The van der Waals surface area contributed by atoms with Crippen LogP contribution in [0.5, 0.6) is 5.75 Å². The van der Waals surface area contributed by atoms with Gasteiger partial charge in [0.15, 0.2) is 0 Å². The number of ether oxygens (including phenoxy) is 2. The van der Waals surface area contributed by atoms with Gasteiger partial charge in [-0.2, -0.15) is 0 Å². The van der Waals surface area contributed by atoms with Crippen molar-refractivity contribution in [3.63, 3.8) is 0 Å². The Morgan fingerprint density at radius 2 is 1.88 bits per heavy atom. The molecule has 25 heavy (non-hydrogen) atoms. The van der Waals surface area contributed by atoms with Crippen LogP contribution in [0.1, 0.15) is 18.4 Å². The summed E-state index contributed by atoms with van der Waals surface area (Å²) >= 11 is 0. The average molecular weight is 340 g/mol. The smallest absolute Gasteiger partial charge is 0.227 e. The van der Waals surface area contributed by atoms with Gasteiger partial charge in [-0.15, -0.1) is 0 Å². The molecule has 1 aromatic carbocycles. The van der Waals surface area contributed by atoms with E-state index in [4.69, 9.17) is 9.47 Å². The number of benzene rings is 1. The molecule has 1 aliphatic heterocycles. The minimum atomic E-state index is 0.166. The number of likely N-dealkylation sites (tertiary alicyclic amines) is 1. The summed E-state index contributed by atoms with van der Waals surface area (Å²) in [5.74, 6) is 1.03. The Hall–Kier alpha value is -2.40. The fourth-order valence-electron chi connectivity index (χ4n) is 2.95. The molecule has 0 unspecified atom stereocenters. The highest BCUT2D eigenvalue weighted by atomic mass is 16.5. The average Bonchev–Trinajstić information content (AvgIpc) is 2.67. The number of pyridine rings is 1. The molecule has 132 valence electrons. The number of hydrogen-bond donors (Lipinski definition) is 0. The summed E-state index contributed by atoms with van der Waals surface area (Å²) in [4.78, 5) is 18.3. The van der Waals surface area contributed by atoms with Crippen LogP contribution in [-0.4, -0.2) is 48.2 Å². The number of rotatable bonds is 7. The number of nitrogens with zero attached hydrogens (tertiary/aromatic N) is 2. The van der Waals surface area contributed by atoms with Gasteiger partial charge in [0.05, 0.1) is 19.1 Å². The standard InChI is InChI=1S/C20H24N2O3/c23-20(15-17-5-4-10-21-16-17)22-11-8-19(9-12-22)25-14-13-24-18-6-2-1-3-7-18/h1-7,10,16,19H,8-9,11-15H2. The lowest BCUT2D eigenvalue weighted by atomic mass is 10.1. The van der Waals surface area contributed by atoms with Crippen LogP contribution in [0.3, 0.4) is 0 Å². The second kappa shape index (κ2) is 9.18. The Balaban J connectivity index is 1.32.